The summed E-state index contributed by atoms with van der Waals surface area (Å²) in [5.41, 5.74) is 4.91. The number of aromatic nitrogens is 1. The SMILES string of the molecule is CCOC(=O)CC1CCCn2c1c(-c1ccc(Cl)cc1)c1c(SC)cccc12. The number of ether oxygens (including phenoxy) is 1. The molecule has 2 heterocycles. The molecule has 3 aromatic rings. The number of hydrogen-bond donors (Lipinski definition) is 0. The van der Waals surface area contributed by atoms with E-state index in [1.165, 1.54) is 27.1 Å². The predicted octanol–water partition coefficient (Wildman–Crippen LogP) is 6.51. The topological polar surface area (TPSA) is 31.2 Å². The third-order valence-corrected chi connectivity index (χ3v) is 6.52. The number of esters is 1. The van der Waals surface area contributed by atoms with Crippen LogP contribution in [0.4, 0.5) is 0 Å². The Morgan fingerprint density at radius 2 is 2.04 bits per heavy atom. The second-order valence-corrected chi connectivity index (χ2v) is 8.41. The van der Waals surface area contributed by atoms with Crippen molar-refractivity contribution in [2.24, 2.45) is 0 Å². The predicted molar refractivity (Wildman–Crippen MR) is 117 cm³/mol. The second-order valence-electron chi connectivity index (χ2n) is 7.12. The maximum atomic E-state index is 12.3. The zero-order chi connectivity index (χ0) is 19.7. The minimum Gasteiger partial charge on any atom is -0.466 e. The molecule has 1 aliphatic rings. The van der Waals surface area contributed by atoms with Crippen LogP contribution in [-0.2, 0) is 16.1 Å². The zero-order valence-electron chi connectivity index (χ0n) is 16.2. The Hall–Kier alpha value is -1.91. The summed E-state index contributed by atoms with van der Waals surface area (Å²) in [6, 6.07) is 14.6. The first kappa shape index (κ1) is 19.4. The Balaban J connectivity index is 1.96. The number of aryl methyl sites for hydroxylation is 1. The maximum Gasteiger partial charge on any atom is 0.306 e. The summed E-state index contributed by atoms with van der Waals surface area (Å²) in [4.78, 5) is 13.6. The fourth-order valence-electron chi connectivity index (χ4n) is 4.39. The first-order valence-corrected chi connectivity index (χ1v) is 11.3. The van der Waals surface area contributed by atoms with Crippen molar-refractivity contribution in [1.82, 2.24) is 4.57 Å². The van der Waals surface area contributed by atoms with Crippen LogP contribution in [0.15, 0.2) is 47.4 Å². The Labute approximate surface area is 175 Å². The number of hydrogen-bond acceptors (Lipinski definition) is 3. The standard InChI is InChI=1S/C23H24ClNO2S/c1-3-27-20(26)14-16-6-5-13-25-18-7-4-8-19(28-2)22(18)21(23(16)25)15-9-11-17(24)12-10-15/h4,7-12,16H,3,5-6,13-14H2,1-2H3. The fourth-order valence-corrected chi connectivity index (χ4v) is 5.14. The highest BCUT2D eigenvalue weighted by atomic mass is 35.5. The number of fused-ring (bicyclic) bond motifs is 3. The molecule has 0 saturated heterocycles. The summed E-state index contributed by atoms with van der Waals surface area (Å²) in [7, 11) is 0. The van der Waals surface area contributed by atoms with Gasteiger partial charge in [-0.1, -0.05) is 29.8 Å². The van der Waals surface area contributed by atoms with Crippen LogP contribution in [0, 0.1) is 0 Å². The van der Waals surface area contributed by atoms with E-state index in [4.69, 9.17) is 16.3 Å². The Bertz CT molecular complexity index is 1010. The summed E-state index contributed by atoms with van der Waals surface area (Å²) < 4.78 is 7.69. The molecule has 3 nitrogen and oxygen atoms in total. The van der Waals surface area contributed by atoms with Crippen molar-refractivity contribution >= 4 is 40.2 Å². The van der Waals surface area contributed by atoms with Crippen molar-refractivity contribution < 1.29 is 9.53 Å². The van der Waals surface area contributed by atoms with Crippen LogP contribution < -0.4 is 0 Å². The average molecular weight is 414 g/mol. The van der Waals surface area contributed by atoms with E-state index in [1.54, 1.807) is 11.8 Å². The highest BCUT2D eigenvalue weighted by molar-refractivity contribution is 7.98. The minimum absolute atomic E-state index is 0.113. The van der Waals surface area contributed by atoms with Crippen molar-refractivity contribution in [2.45, 2.75) is 43.5 Å². The van der Waals surface area contributed by atoms with Crippen LogP contribution >= 0.6 is 23.4 Å². The molecular formula is C23H24ClNO2S. The molecule has 0 spiro atoms. The Morgan fingerprint density at radius 1 is 1.25 bits per heavy atom. The maximum absolute atomic E-state index is 12.3. The molecule has 1 aromatic heterocycles. The van der Waals surface area contributed by atoms with Crippen LogP contribution in [0.1, 0.15) is 37.8 Å². The lowest BCUT2D eigenvalue weighted by Crippen LogP contribution is -2.19. The molecule has 2 aromatic carbocycles. The number of nitrogens with zero attached hydrogens (tertiary/aromatic N) is 1. The first-order valence-electron chi connectivity index (χ1n) is 9.74. The molecule has 0 saturated carbocycles. The third-order valence-electron chi connectivity index (χ3n) is 5.48. The van der Waals surface area contributed by atoms with Crippen molar-refractivity contribution in [3.8, 4) is 11.1 Å². The van der Waals surface area contributed by atoms with Crippen molar-refractivity contribution in [2.75, 3.05) is 12.9 Å². The van der Waals surface area contributed by atoms with Gasteiger partial charge < -0.3 is 9.30 Å². The number of thioether (sulfide) groups is 1. The average Bonchev–Trinajstić information content (AvgIpc) is 3.04. The van der Waals surface area contributed by atoms with E-state index in [-0.39, 0.29) is 11.9 Å². The lowest BCUT2D eigenvalue weighted by Gasteiger charge is -2.26. The molecular weight excluding hydrogens is 390 g/mol. The number of halogens is 1. The largest absolute Gasteiger partial charge is 0.466 e. The molecule has 0 aliphatic carbocycles. The zero-order valence-corrected chi connectivity index (χ0v) is 17.8. The highest BCUT2D eigenvalue weighted by Gasteiger charge is 2.30. The van der Waals surface area contributed by atoms with Gasteiger partial charge in [-0.25, -0.2) is 0 Å². The van der Waals surface area contributed by atoms with Crippen LogP contribution in [0.25, 0.3) is 22.0 Å². The molecule has 4 rings (SSSR count). The summed E-state index contributed by atoms with van der Waals surface area (Å²) in [5, 5.41) is 2.01. The monoisotopic (exact) mass is 413 g/mol. The van der Waals surface area contributed by atoms with E-state index < -0.39 is 0 Å². The van der Waals surface area contributed by atoms with Crippen molar-refractivity contribution in [1.29, 1.82) is 0 Å². The number of rotatable bonds is 5. The third kappa shape index (κ3) is 3.44. The van der Waals surface area contributed by atoms with Gasteiger partial charge in [0.05, 0.1) is 13.0 Å². The molecule has 28 heavy (non-hydrogen) atoms. The van der Waals surface area contributed by atoms with E-state index in [2.05, 4.69) is 41.2 Å². The molecule has 1 unspecified atom stereocenters. The molecule has 146 valence electrons. The minimum atomic E-state index is -0.113. The van der Waals surface area contributed by atoms with Gasteiger partial charge in [0.2, 0.25) is 0 Å². The number of benzene rings is 2. The van der Waals surface area contributed by atoms with Gasteiger partial charge in [0.15, 0.2) is 0 Å². The van der Waals surface area contributed by atoms with Gasteiger partial charge in [-0.05, 0) is 55.9 Å². The quantitative estimate of drug-likeness (QED) is 0.352. The van der Waals surface area contributed by atoms with Gasteiger partial charge in [-0.2, -0.15) is 0 Å². The van der Waals surface area contributed by atoms with E-state index in [9.17, 15) is 4.79 Å². The smallest absolute Gasteiger partial charge is 0.306 e. The number of carbonyl (C=O) groups is 1. The van der Waals surface area contributed by atoms with Gasteiger partial charge in [-0.3, -0.25) is 4.79 Å². The van der Waals surface area contributed by atoms with Crippen LogP contribution in [0.2, 0.25) is 5.02 Å². The normalized spacial score (nSPS) is 16.2. The van der Waals surface area contributed by atoms with Gasteiger partial charge in [0, 0.05) is 44.5 Å². The van der Waals surface area contributed by atoms with Gasteiger partial charge in [0.25, 0.3) is 0 Å². The van der Waals surface area contributed by atoms with Crippen LogP contribution in [-0.4, -0.2) is 23.4 Å². The summed E-state index contributed by atoms with van der Waals surface area (Å²) in [5.74, 6) is 0.0546. The second kappa shape index (κ2) is 8.22. The van der Waals surface area contributed by atoms with Gasteiger partial charge >= 0.3 is 5.97 Å². The Kier molecular flexibility index (Phi) is 5.70. The highest BCUT2D eigenvalue weighted by Crippen LogP contribution is 2.46. The number of carbonyl (C=O) groups excluding carboxylic acids is 1. The van der Waals surface area contributed by atoms with Crippen molar-refractivity contribution in [3.63, 3.8) is 0 Å². The molecule has 0 radical (unpaired) electrons. The van der Waals surface area contributed by atoms with Crippen molar-refractivity contribution in [3.05, 3.63) is 53.2 Å². The molecule has 0 bridgehead atoms. The van der Waals surface area contributed by atoms with Crippen LogP contribution in [0.5, 0.6) is 0 Å². The summed E-state index contributed by atoms with van der Waals surface area (Å²) in [6.45, 7) is 3.27. The fraction of sp³-hybridized carbons (Fsp3) is 0.348. The summed E-state index contributed by atoms with van der Waals surface area (Å²) in [6.07, 6.45) is 4.63. The molecule has 1 atom stereocenters. The first-order chi connectivity index (χ1) is 13.6. The van der Waals surface area contributed by atoms with Crippen LogP contribution in [0.3, 0.4) is 0 Å². The lowest BCUT2D eigenvalue weighted by atomic mass is 9.88. The molecule has 5 heteroatoms. The summed E-state index contributed by atoms with van der Waals surface area (Å²) >= 11 is 7.92. The Morgan fingerprint density at radius 3 is 2.75 bits per heavy atom. The molecule has 1 aliphatic heterocycles. The van der Waals surface area contributed by atoms with Gasteiger partial charge in [0.1, 0.15) is 0 Å². The van der Waals surface area contributed by atoms with Gasteiger partial charge in [-0.15, -0.1) is 11.8 Å². The van der Waals surface area contributed by atoms with E-state index in [0.29, 0.717) is 13.0 Å². The van der Waals surface area contributed by atoms with E-state index >= 15 is 0 Å². The van der Waals surface area contributed by atoms with E-state index in [1.807, 2.05) is 19.1 Å². The molecule has 0 N–H and O–H groups in total. The lowest BCUT2D eigenvalue weighted by molar-refractivity contribution is -0.143. The molecule has 0 fully saturated rings. The molecule has 0 amide bonds. The van der Waals surface area contributed by atoms with E-state index in [0.717, 1.165) is 30.0 Å².